The molecule has 0 saturated carbocycles. The fourth-order valence-electron chi connectivity index (χ4n) is 2.71. The van der Waals surface area contributed by atoms with Gasteiger partial charge in [-0.05, 0) is 14.1 Å². The largest absolute Gasteiger partial charge is 0.492 e. The molecule has 0 spiro atoms. The van der Waals surface area contributed by atoms with Gasteiger partial charge in [-0.3, -0.25) is 4.98 Å². The molecule has 3 aromatic rings. The van der Waals surface area contributed by atoms with Gasteiger partial charge in [0.25, 0.3) is 0 Å². The molecule has 1 N–H and O–H groups in total. The van der Waals surface area contributed by atoms with Gasteiger partial charge in [-0.1, -0.05) is 11.6 Å². The van der Waals surface area contributed by atoms with Crippen LogP contribution in [0.5, 0.6) is 5.75 Å². The lowest BCUT2D eigenvalue weighted by Crippen LogP contribution is -2.22. The molecule has 0 aliphatic carbocycles. The highest BCUT2D eigenvalue weighted by Gasteiger charge is 2.30. The van der Waals surface area contributed by atoms with E-state index in [9.17, 15) is 22.0 Å². The van der Waals surface area contributed by atoms with Crippen molar-refractivity contribution in [2.24, 2.45) is 0 Å². The Bertz CT molecular complexity index is 1090. The molecule has 13 heteroatoms. The number of hydrogen-bond donors (Lipinski definition) is 1. The minimum absolute atomic E-state index is 0.0892. The van der Waals surface area contributed by atoms with Crippen LogP contribution in [-0.2, 0) is 0 Å². The molecule has 0 aliphatic heterocycles. The molecule has 0 fully saturated rings. The van der Waals surface area contributed by atoms with Crippen LogP contribution in [0, 0.1) is 11.6 Å². The Hall–Kier alpha value is -3.12. The summed E-state index contributed by atoms with van der Waals surface area (Å²) in [5.41, 5.74) is -1.06. The zero-order chi connectivity index (χ0) is 24.2. The molecule has 2 aromatic heterocycles. The Morgan fingerprint density at radius 2 is 1.76 bits per heavy atom. The van der Waals surface area contributed by atoms with Gasteiger partial charge in [0.1, 0.15) is 47.2 Å². The maximum Gasteiger partial charge on any atom is 0.405 e. The first kappa shape index (κ1) is 24.5. The predicted molar refractivity (Wildman–Crippen MR) is 112 cm³/mol. The highest BCUT2D eigenvalue weighted by atomic mass is 35.5. The normalized spacial score (nSPS) is 11.7. The molecule has 0 atom stereocenters. The van der Waals surface area contributed by atoms with Crippen molar-refractivity contribution >= 4 is 17.4 Å². The van der Waals surface area contributed by atoms with Crippen LogP contribution < -0.4 is 10.1 Å². The fraction of sp³-hybridized carbons (Fsp3) is 0.300. The average molecular weight is 489 g/mol. The standard InChI is InChI=1S/C20H18ClF5N6O/c1-32(2)5-6-33-11-7-12(22)15(13(23)8-11)16-17(21)30-18(14-9-27-3-4-28-14)31-19(16)29-10-20(24,25)26/h3-4,7-9H,5-6,10H2,1-2H3,(H,29,30,31). The first-order chi connectivity index (χ1) is 15.5. The molecular formula is C20H18ClF5N6O. The number of halogens is 6. The Balaban J connectivity index is 2.07. The molecule has 3 rings (SSSR count). The zero-order valence-electron chi connectivity index (χ0n) is 17.4. The first-order valence-electron chi connectivity index (χ1n) is 9.46. The number of rotatable bonds is 8. The van der Waals surface area contributed by atoms with Crippen LogP contribution in [-0.4, -0.2) is 64.8 Å². The number of likely N-dealkylation sites (N-methyl/N-ethyl adjacent to an activating group) is 1. The second kappa shape index (κ2) is 10.2. The summed E-state index contributed by atoms with van der Waals surface area (Å²) in [6.07, 6.45) is -0.685. The maximum atomic E-state index is 14.9. The second-order valence-electron chi connectivity index (χ2n) is 7.03. The first-order valence-corrected chi connectivity index (χ1v) is 9.84. The minimum Gasteiger partial charge on any atom is -0.492 e. The number of nitrogens with zero attached hydrogens (tertiary/aromatic N) is 5. The molecule has 2 heterocycles. The van der Waals surface area contributed by atoms with Gasteiger partial charge in [0.2, 0.25) is 0 Å². The number of ether oxygens (including phenoxy) is 1. The molecular weight excluding hydrogens is 471 g/mol. The van der Waals surface area contributed by atoms with E-state index in [1.54, 1.807) is 14.1 Å². The lowest BCUT2D eigenvalue weighted by Gasteiger charge is -2.17. The van der Waals surface area contributed by atoms with E-state index in [4.69, 9.17) is 16.3 Å². The van der Waals surface area contributed by atoms with Gasteiger partial charge in [-0.25, -0.2) is 23.7 Å². The molecule has 0 saturated heterocycles. The molecule has 176 valence electrons. The van der Waals surface area contributed by atoms with E-state index in [2.05, 4.69) is 19.9 Å². The Kier molecular flexibility index (Phi) is 7.59. The number of anilines is 1. The van der Waals surface area contributed by atoms with Crippen LogP contribution >= 0.6 is 11.6 Å². The summed E-state index contributed by atoms with van der Waals surface area (Å²) in [6.45, 7) is -0.859. The third kappa shape index (κ3) is 6.45. The Morgan fingerprint density at radius 1 is 1.06 bits per heavy atom. The Morgan fingerprint density at radius 3 is 2.33 bits per heavy atom. The van der Waals surface area contributed by atoms with Crippen molar-refractivity contribution in [1.82, 2.24) is 24.8 Å². The van der Waals surface area contributed by atoms with Crippen LogP contribution in [0.15, 0.2) is 30.7 Å². The van der Waals surface area contributed by atoms with E-state index in [0.29, 0.717) is 6.54 Å². The van der Waals surface area contributed by atoms with Crippen molar-refractivity contribution in [3.05, 3.63) is 47.5 Å². The van der Waals surface area contributed by atoms with Crippen molar-refractivity contribution in [2.75, 3.05) is 39.1 Å². The van der Waals surface area contributed by atoms with Gasteiger partial charge in [-0.2, -0.15) is 13.2 Å². The third-order valence-electron chi connectivity index (χ3n) is 4.19. The molecule has 0 radical (unpaired) electrons. The monoisotopic (exact) mass is 488 g/mol. The molecule has 7 nitrogen and oxygen atoms in total. The maximum absolute atomic E-state index is 14.9. The summed E-state index contributed by atoms with van der Waals surface area (Å²) in [7, 11) is 3.60. The van der Waals surface area contributed by atoms with Crippen LogP contribution in [0.25, 0.3) is 22.6 Å². The molecule has 0 aliphatic rings. The van der Waals surface area contributed by atoms with E-state index < -0.39 is 46.5 Å². The summed E-state index contributed by atoms with van der Waals surface area (Å²) in [6, 6.07) is 1.82. The van der Waals surface area contributed by atoms with Crippen LogP contribution in [0.1, 0.15) is 0 Å². The zero-order valence-corrected chi connectivity index (χ0v) is 18.2. The highest BCUT2D eigenvalue weighted by Crippen LogP contribution is 2.39. The summed E-state index contributed by atoms with van der Waals surface area (Å²) < 4.78 is 73.8. The van der Waals surface area contributed by atoms with Crippen LogP contribution in [0.3, 0.4) is 0 Å². The highest BCUT2D eigenvalue weighted by molar-refractivity contribution is 6.32. The molecule has 0 unspecified atom stereocenters. The van der Waals surface area contributed by atoms with Gasteiger partial charge in [-0.15, -0.1) is 0 Å². The van der Waals surface area contributed by atoms with Gasteiger partial charge in [0.15, 0.2) is 5.82 Å². The topological polar surface area (TPSA) is 76.1 Å². The molecule has 0 bridgehead atoms. The SMILES string of the molecule is CN(C)CCOc1cc(F)c(-c2c(Cl)nc(-c3cnccn3)nc2NCC(F)(F)F)c(F)c1. The van der Waals surface area contributed by atoms with Gasteiger partial charge >= 0.3 is 6.18 Å². The lowest BCUT2D eigenvalue weighted by molar-refractivity contribution is -0.115. The smallest absolute Gasteiger partial charge is 0.405 e. The van der Waals surface area contributed by atoms with Crippen LogP contribution in [0.4, 0.5) is 27.8 Å². The van der Waals surface area contributed by atoms with Crippen molar-refractivity contribution in [3.63, 3.8) is 0 Å². The van der Waals surface area contributed by atoms with Crippen LogP contribution in [0.2, 0.25) is 5.15 Å². The number of hydrogen-bond acceptors (Lipinski definition) is 7. The third-order valence-corrected chi connectivity index (χ3v) is 4.46. The number of benzene rings is 1. The van der Waals surface area contributed by atoms with Crippen molar-refractivity contribution < 1.29 is 26.7 Å². The van der Waals surface area contributed by atoms with E-state index in [-0.39, 0.29) is 23.9 Å². The predicted octanol–water partition coefficient (Wildman–Crippen LogP) is 4.45. The van der Waals surface area contributed by atoms with E-state index in [1.807, 2.05) is 10.2 Å². The van der Waals surface area contributed by atoms with E-state index in [0.717, 1.165) is 12.1 Å². The molecule has 1 aromatic carbocycles. The fourth-order valence-corrected chi connectivity index (χ4v) is 2.98. The number of alkyl halides is 3. The van der Waals surface area contributed by atoms with Gasteiger partial charge in [0.05, 0.1) is 17.3 Å². The van der Waals surface area contributed by atoms with Gasteiger partial charge < -0.3 is 15.0 Å². The van der Waals surface area contributed by atoms with Gasteiger partial charge in [0, 0.05) is 31.1 Å². The van der Waals surface area contributed by atoms with Crippen molar-refractivity contribution in [1.29, 1.82) is 0 Å². The molecule has 0 amide bonds. The summed E-state index contributed by atoms with van der Waals surface area (Å²) in [5.74, 6) is -3.00. The molecule has 33 heavy (non-hydrogen) atoms. The summed E-state index contributed by atoms with van der Waals surface area (Å²) in [5, 5.41) is 1.56. The quantitative estimate of drug-likeness (QED) is 0.371. The minimum atomic E-state index is -4.64. The number of aromatic nitrogens is 4. The van der Waals surface area contributed by atoms with E-state index >= 15 is 0 Å². The van der Waals surface area contributed by atoms with Crippen molar-refractivity contribution in [3.8, 4) is 28.4 Å². The lowest BCUT2D eigenvalue weighted by atomic mass is 10.1. The number of nitrogens with one attached hydrogen (secondary N) is 1. The van der Waals surface area contributed by atoms with Crippen molar-refractivity contribution in [2.45, 2.75) is 6.18 Å². The summed E-state index contributed by atoms with van der Waals surface area (Å²) >= 11 is 6.18. The second-order valence-corrected chi connectivity index (χ2v) is 7.39. The summed E-state index contributed by atoms with van der Waals surface area (Å²) in [4.78, 5) is 17.6. The average Bonchev–Trinajstić information content (AvgIpc) is 2.73. The Labute approximate surface area is 190 Å². The van der Waals surface area contributed by atoms with E-state index in [1.165, 1.54) is 18.6 Å².